The fraction of sp³-hybridized carbons (Fsp3) is 0.133. The van der Waals surface area contributed by atoms with Crippen molar-refractivity contribution in [2.24, 2.45) is 0 Å². The van der Waals surface area contributed by atoms with Crippen LogP contribution in [-0.2, 0) is 0 Å². The standard InChI is InChI=1S/C15H12Cl2O/c1-9-5-12(7-13(16)6-9)15(18)11-4-3-10(2)14(17)8-11/h3-8H,1-2H3. The number of carbonyl (C=O) groups is 1. The summed E-state index contributed by atoms with van der Waals surface area (Å²) in [4.78, 5) is 12.3. The lowest BCUT2D eigenvalue weighted by Gasteiger charge is -2.05. The zero-order valence-corrected chi connectivity index (χ0v) is 11.6. The number of rotatable bonds is 2. The van der Waals surface area contributed by atoms with Crippen LogP contribution in [0.2, 0.25) is 10.0 Å². The number of hydrogen-bond acceptors (Lipinski definition) is 1. The maximum absolute atomic E-state index is 12.3. The van der Waals surface area contributed by atoms with Gasteiger partial charge in [0.05, 0.1) is 0 Å². The minimum atomic E-state index is -0.0671. The van der Waals surface area contributed by atoms with Gasteiger partial charge in [-0.2, -0.15) is 0 Å². The highest BCUT2D eigenvalue weighted by Crippen LogP contribution is 2.21. The van der Waals surface area contributed by atoms with E-state index in [4.69, 9.17) is 23.2 Å². The van der Waals surface area contributed by atoms with Gasteiger partial charge in [-0.1, -0.05) is 35.3 Å². The molecule has 0 aliphatic rings. The Hall–Kier alpha value is -1.31. The lowest BCUT2D eigenvalue weighted by Crippen LogP contribution is -2.02. The fourth-order valence-electron chi connectivity index (χ4n) is 1.77. The van der Waals surface area contributed by atoms with Crippen LogP contribution >= 0.6 is 23.2 Å². The molecule has 3 heteroatoms. The lowest BCUT2D eigenvalue weighted by molar-refractivity contribution is 0.103. The van der Waals surface area contributed by atoms with Crippen molar-refractivity contribution in [3.63, 3.8) is 0 Å². The average molecular weight is 279 g/mol. The monoisotopic (exact) mass is 278 g/mol. The summed E-state index contributed by atoms with van der Waals surface area (Å²) in [5.41, 5.74) is 3.08. The summed E-state index contributed by atoms with van der Waals surface area (Å²) < 4.78 is 0. The fourth-order valence-corrected chi connectivity index (χ4v) is 2.24. The highest BCUT2D eigenvalue weighted by Gasteiger charge is 2.11. The van der Waals surface area contributed by atoms with Crippen molar-refractivity contribution in [3.05, 3.63) is 68.7 Å². The molecule has 0 bridgehead atoms. The van der Waals surface area contributed by atoms with E-state index in [2.05, 4.69) is 0 Å². The molecule has 0 N–H and O–H groups in total. The van der Waals surface area contributed by atoms with Gasteiger partial charge >= 0.3 is 0 Å². The summed E-state index contributed by atoms with van der Waals surface area (Å²) in [5.74, 6) is -0.0671. The zero-order valence-electron chi connectivity index (χ0n) is 10.1. The molecule has 18 heavy (non-hydrogen) atoms. The van der Waals surface area contributed by atoms with Gasteiger partial charge in [0.15, 0.2) is 5.78 Å². The van der Waals surface area contributed by atoms with E-state index in [0.29, 0.717) is 21.2 Å². The van der Waals surface area contributed by atoms with E-state index < -0.39 is 0 Å². The summed E-state index contributed by atoms with van der Waals surface area (Å²) in [7, 11) is 0. The van der Waals surface area contributed by atoms with Gasteiger partial charge in [0.2, 0.25) is 0 Å². The van der Waals surface area contributed by atoms with Crippen LogP contribution in [0.3, 0.4) is 0 Å². The molecule has 0 unspecified atom stereocenters. The third-order valence-electron chi connectivity index (χ3n) is 2.74. The molecule has 0 saturated carbocycles. The number of benzene rings is 2. The number of ketones is 1. The molecule has 92 valence electrons. The first-order chi connectivity index (χ1) is 8.47. The molecule has 0 spiro atoms. The van der Waals surface area contributed by atoms with E-state index in [1.54, 1.807) is 18.2 Å². The van der Waals surface area contributed by atoms with Crippen molar-refractivity contribution in [2.45, 2.75) is 13.8 Å². The maximum Gasteiger partial charge on any atom is 0.193 e. The van der Waals surface area contributed by atoms with Crippen molar-refractivity contribution < 1.29 is 4.79 Å². The molecule has 0 atom stereocenters. The Balaban J connectivity index is 2.44. The highest BCUT2D eigenvalue weighted by molar-refractivity contribution is 6.32. The first-order valence-corrected chi connectivity index (χ1v) is 6.31. The third-order valence-corrected chi connectivity index (χ3v) is 3.36. The molecule has 0 radical (unpaired) electrons. The van der Waals surface area contributed by atoms with Crippen LogP contribution < -0.4 is 0 Å². The van der Waals surface area contributed by atoms with Crippen molar-refractivity contribution in [2.75, 3.05) is 0 Å². The Morgan fingerprint density at radius 2 is 1.67 bits per heavy atom. The predicted molar refractivity (Wildman–Crippen MR) is 75.8 cm³/mol. The molecule has 2 aromatic rings. The van der Waals surface area contributed by atoms with E-state index in [0.717, 1.165) is 11.1 Å². The Kier molecular flexibility index (Phi) is 3.74. The van der Waals surface area contributed by atoms with Gasteiger partial charge in [0.1, 0.15) is 0 Å². The number of halogens is 2. The van der Waals surface area contributed by atoms with Crippen LogP contribution in [0.25, 0.3) is 0 Å². The van der Waals surface area contributed by atoms with Gasteiger partial charge in [-0.15, -0.1) is 0 Å². The van der Waals surface area contributed by atoms with E-state index in [1.165, 1.54) is 0 Å². The van der Waals surface area contributed by atoms with E-state index in [-0.39, 0.29) is 5.78 Å². The molecule has 0 heterocycles. The predicted octanol–water partition coefficient (Wildman–Crippen LogP) is 4.84. The Bertz CT molecular complexity index is 598. The van der Waals surface area contributed by atoms with Crippen molar-refractivity contribution in [3.8, 4) is 0 Å². The lowest BCUT2D eigenvalue weighted by atomic mass is 10.0. The smallest absolute Gasteiger partial charge is 0.193 e. The first kappa shape index (κ1) is 13.1. The molecular weight excluding hydrogens is 267 g/mol. The second kappa shape index (κ2) is 5.13. The van der Waals surface area contributed by atoms with Crippen LogP contribution in [0.4, 0.5) is 0 Å². The second-order valence-electron chi connectivity index (χ2n) is 4.31. The van der Waals surface area contributed by atoms with Crippen molar-refractivity contribution in [1.29, 1.82) is 0 Å². The summed E-state index contributed by atoms with van der Waals surface area (Å²) in [5, 5.41) is 1.16. The first-order valence-electron chi connectivity index (χ1n) is 5.55. The topological polar surface area (TPSA) is 17.1 Å². The molecule has 0 aromatic heterocycles. The van der Waals surface area contributed by atoms with Gasteiger partial charge in [-0.05, 0) is 49.2 Å². The summed E-state index contributed by atoms with van der Waals surface area (Å²) in [6, 6.07) is 10.6. The summed E-state index contributed by atoms with van der Waals surface area (Å²) in [6.45, 7) is 3.81. The normalized spacial score (nSPS) is 10.4. The van der Waals surface area contributed by atoms with Crippen LogP contribution in [0.15, 0.2) is 36.4 Å². The van der Waals surface area contributed by atoms with Gasteiger partial charge in [0.25, 0.3) is 0 Å². The molecule has 2 rings (SSSR count). The summed E-state index contributed by atoms with van der Waals surface area (Å²) in [6.07, 6.45) is 0. The van der Waals surface area contributed by atoms with Gasteiger partial charge < -0.3 is 0 Å². The van der Waals surface area contributed by atoms with Gasteiger partial charge in [-0.25, -0.2) is 0 Å². The molecule has 0 aliphatic heterocycles. The molecule has 1 nitrogen and oxygen atoms in total. The van der Waals surface area contributed by atoms with Crippen LogP contribution in [0.5, 0.6) is 0 Å². The SMILES string of the molecule is Cc1cc(Cl)cc(C(=O)c2ccc(C)c(Cl)c2)c1. The Labute approximate surface area is 116 Å². The maximum atomic E-state index is 12.3. The van der Waals surface area contributed by atoms with E-state index in [1.807, 2.05) is 32.0 Å². The summed E-state index contributed by atoms with van der Waals surface area (Å²) >= 11 is 12.0. The Morgan fingerprint density at radius 1 is 0.944 bits per heavy atom. The van der Waals surface area contributed by atoms with Crippen LogP contribution in [0, 0.1) is 13.8 Å². The Morgan fingerprint density at radius 3 is 2.28 bits per heavy atom. The van der Waals surface area contributed by atoms with Crippen LogP contribution in [-0.4, -0.2) is 5.78 Å². The molecular formula is C15H12Cl2O. The van der Waals surface area contributed by atoms with Crippen LogP contribution in [0.1, 0.15) is 27.0 Å². The quantitative estimate of drug-likeness (QED) is 0.719. The minimum absolute atomic E-state index is 0.0671. The second-order valence-corrected chi connectivity index (χ2v) is 5.15. The largest absolute Gasteiger partial charge is 0.289 e. The van der Waals surface area contributed by atoms with Crippen molar-refractivity contribution in [1.82, 2.24) is 0 Å². The minimum Gasteiger partial charge on any atom is -0.289 e. The average Bonchev–Trinajstić information content (AvgIpc) is 2.30. The zero-order chi connectivity index (χ0) is 13.3. The number of aryl methyl sites for hydroxylation is 2. The van der Waals surface area contributed by atoms with E-state index in [9.17, 15) is 4.79 Å². The van der Waals surface area contributed by atoms with Crippen molar-refractivity contribution >= 4 is 29.0 Å². The van der Waals surface area contributed by atoms with Gasteiger partial charge in [-0.3, -0.25) is 4.79 Å². The molecule has 0 amide bonds. The molecule has 2 aromatic carbocycles. The number of carbonyl (C=O) groups excluding carboxylic acids is 1. The van der Waals surface area contributed by atoms with Gasteiger partial charge in [0, 0.05) is 21.2 Å². The third kappa shape index (κ3) is 2.74. The molecule has 0 aliphatic carbocycles. The number of hydrogen-bond donors (Lipinski definition) is 0. The molecule has 0 saturated heterocycles. The highest BCUT2D eigenvalue weighted by atomic mass is 35.5. The van der Waals surface area contributed by atoms with E-state index >= 15 is 0 Å². The molecule has 0 fully saturated rings.